The average molecular weight is 807 g/mol. The Morgan fingerprint density at radius 2 is 0.828 bits per heavy atom. The third-order valence-corrected chi connectivity index (χ3v) is 9.95. The van der Waals surface area contributed by atoms with Gasteiger partial charge in [-0.15, -0.1) is 0 Å². The third kappa shape index (κ3) is 45.8. The van der Waals surface area contributed by atoms with Gasteiger partial charge in [-0.25, -0.2) is 0 Å². The minimum atomic E-state index is -0.583. The molecule has 0 bridgehead atoms. The first-order chi connectivity index (χ1) is 28.6. The topological polar surface area (TPSA) is 61.8 Å². The van der Waals surface area contributed by atoms with Crippen LogP contribution in [0.5, 0.6) is 0 Å². The number of rotatable bonds is 43. The number of hydrogen-bond acceptors (Lipinski definition) is 5. The molecule has 58 heavy (non-hydrogen) atoms. The van der Waals surface area contributed by atoms with Crippen molar-refractivity contribution in [3.8, 4) is 0 Å². The predicted molar refractivity (Wildman–Crippen MR) is 251 cm³/mol. The quantitative estimate of drug-likeness (QED) is 0.0349. The van der Waals surface area contributed by atoms with Crippen LogP contribution in [0.2, 0.25) is 0 Å². The lowest BCUT2D eigenvalue weighted by Gasteiger charge is -2.18. The molecule has 5 heteroatoms. The molecule has 0 heterocycles. The van der Waals surface area contributed by atoms with Gasteiger partial charge in [0.15, 0.2) is 6.10 Å². The zero-order valence-corrected chi connectivity index (χ0v) is 38.0. The van der Waals surface area contributed by atoms with Gasteiger partial charge in [0.25, 0.3) is 0 Å². The summed E-state index contributed by atoms with van der Waals surface area (Å²) in [6.45, 7) is 7.56. The summed E-state index contributed by atoms with van der Waals surface area (Å²) in [7, 11) is 0. The van der Waals surface area contributed by atoms with E-state index in [-0.39, 0.29) is 31.6 Å². The molecule has 0 aromatic heterocycles. The molecular weight excluding hydrogens is 717 g/mol. The fourth-order valence-corrected chi connectivity index (χ4v) is 6.38. The molecular formula is C53H90O5. The molecule has 5 nitrogen and oxygen atoms in total. The second kappa shape index (κ2) is 48.4. The number of hydrogen-bond donors (Lipinski definition) is 0. The summed E-state index contributed by atoms with van der Waals surface area (Å²) < 4.78 is 17.2. The van der Waals surface area contributed by atoms with Gasteiger partial charge in [0.1, 0.15) is 6.61 Å². The number of unbranched alkanes of at least 4 members (excludes halogenated alkanes) is 19. The minimum Gasteiger partial charge on any atom is -0.461 e. The van der Waals surface area contributed by atoms with Gasteiger partial charge < -0.3 is 14.2 Å². The van der Waals surface area contributed by atoms with Gasteiger partial charge >= 0.3 is 11.9 Å². The number of carbonyl (C=O) groups is 2. The molecule has 0 radical (unpaired) electrons. The predicted octanol–water partition coefficient (Wildman–Crippen LogP) is 16.1. The summed E-state index contributed by atoms with van der Waals surface area (Å²) in [5.74, 6) is -0.560. The van der Waals surface area contributed by atoms with Gasteiger partial charge in [-0.05, 0) is 77.0 Å². The third-order valence-electron chi connectivity index (χ3n) is 9.95. The van der Waals surface area contributed by atoms with Crippen molar-refractivity contribution in [1.82, 2.24) is 0 Å². The Bertz CT molecular complexity index is 1090. The molecule has 0 amide bonds. The molecule has 0 N–H and O–H groups in total. The van der Waals surface area contributed by atoms with Crippen LogP contribution in [0.3, 0.4) is 0 Å². The van der Waals surface area contributed by atoms with E-state index in [9.17, 15) is 9.59 Å². The van der Waals surface area contributed by atoms with E-state index < -0.39 is 6.10 Å². The van der Waals surface area contributed by atoms with Crippen LogP contribution in [-0.4, -0.2) is 37.9 Å². The molecule has 1 atom stereocenters. The summed E-state index contributed by atoms with van der Waals surface area (Å²) in [4.78, 5) is 25.2. The molecule has 0 spiro atoms. The lowest BCUT2D eigenvalue weighted by atomic mass is 10.1. The van der Waals surface area contributed by atoms with E-state index in [4.69, 9.17) is 14.2 Å². The zero-order valence-electron chi connectivity index (χ0n) is 38.0. The lowest BCUT2D eigenvalue weighted by molar-refractivity contribution is -0.162. The molecule has 0 rings (SSSR count). The van der Waals surface area contributed by atoms with Crippen LogP contribution in [0.1, 0.15) is 213 Å². The number of ether oxygens (including phenoxy) is 3. The van der Waals surface area contributed by atoms with Crippen molar-refractivity contribution in [2.45, 2.75) is 219 Å². The van der Waals surface area contributed by atoms with Crippen molar-refractivity contribution in [3.05, 3.63) is 85.1 Å². The molecule has 0 aromatic rings. The molecule has 0 saturated carbocycles. The number of allylic oxidation sites excluding steroid dienone is 13. The van der Waals surface area contributed by atoms with Crippen LogP contribution in [0.25, 0.3) is 0 Å². The first kappa shape index (κ1) is 55.1. The van der Waals surface area contributed by atoms with Crippen molar-refractivity contribution in [1.29, 1.82) is 0 Å². The van der Waals surface area contributed by atoms with Gasteiger partial charge in [0.05, 0.1) is 13.0 Å². The maximum atomic E-state index is 12.7. The van der Waals surface area contributed by atoms with E-state index in [0.29, 0.717) is 13.0 Å². The maximum Gasteiger partial charge on any atom is 0.309 e. The smallest absolute Gasteiger partial charge is 0.309 e. The fourth-order valence-electron chi connectivity index (χ4n) is 6.38. The highest BCUT2D eigenvalue weighted by atomic mass is 16.6. The van der Waals surface area contributed by atoms with Crippen LogP contribution in [0.4, 0.5) is 0 Å². The average Bonchev–Trinajstić information content (AvgIpc) is 3.22. The normalized spacial score (nSPS) is 12.9. The summed E-state index contributed by atoms with van der Waals surface area (Å²) in [5, 5.41) is 0. The van der Waals surface area contributed by atoms with Gasteiger partial charge in [-0.1, -0.05) is 209 Å². The van der Waals surface area contributed by atoms with Gasteiger partial charge in [0, 0.05) is 13.0 Å². The van der Waals surface area contributed by atoms with Crippen molar-refractivity contribution >= 4 is 11.9 Å². The van der Waals surface area contributed by atoms with Crippen molar-refractivity contribution in [2.24, 2.45) is 0 Å². The number of carbonyl (C=O) groups excluding carboxylic acids is 2. The highest BCUT2D eigenvalue weighted by molar-refractivity contribution is 5.71. The van der Waals surface area contributed by atoms with E-state index >= 15 is 0 Å². The van der Waals surface area contributed by atoms with Crippen molar-refractivity contribution in [2.75, 3.05) is 19.8 Å². The van der Waals surface area contributed by atoms with E-state index in [0.717, 1.165) is 77.0 Å². The Labute approximate surface area is 359 Å². The van der Waals surface area contributed by atoms with E-state index in [2.05, 4.69) is 93.7 Å². The molecule has 0 saturated heterocycles. The number of esters is 2. The Kier molecular flexibility index (Phi) is 46.0. The zero-order chi connectivity index (χ0) is 42.1. The van der Waals surface area contributed by atoms with Gasteiger partial charge in [-0.3, -0.25) is 9.59 Å². The van der Waals surface area contributed by atoms with Crippen LogP contribution in [-0.2, 0) is 23.8 Å². The van der Waals surface area contributed by atoms with Gasteiger partial charge in [-0.2, -0.15) is 0 Å². The Morgan fingerprint density at radius 3 is 1.36 bits per heavy atom. The first-order valence-corrected chi connectivity index (χ1v) is 24.1. The summed E-state index contributed by atoms with van der Waals surface area (Å²) in [6, 6.07) is 0. The van der Waals surface area contributed by atoms with E-state index in [1.54, 1.807) is 0 Å². The van der Waals surface area contributed by atoms with Gasteiger partial charge in [0.2, 0.25) is 0 Å². The molecule has 0 aliphatic carbocycles. The molecule has 332 valence electrons. The van der Waals surface area contributed by atoms with E-state index in [1.165, 1.54) is 103 Å². The molecule has 1 unspecified atom stereocenters. The summed E-state index contributed by atoms with van der Waals surface area (Å²) in [6.07, 6.45) is 63.2. The van der Waals surface area contributed by atoms with Crippen LogP contribution in [0.15, 0.2) is 85.1 Å². The van der Waals surface area contributed by atoms with E-state index in [1.807, 2.05) is 12.2 Å². The second-order valence-corrected chi connectivity index (χ2v) is 15.7. The molecule has 0 aliphatic rings. The lowest BCUT2D eigenvalue weighted by Crippen LogP contribution is -2.30. The summed E-state index contributed by atoms with van der Waals surface area (Å²) in [5.41, 5.74) is 0. The Hall–Kier alpha value is -2.92. The van der Waals surface area contributed by atoms with Crippen LogP contribution in [0, 0.1) is 0 Å². The molecule has 0 aliphatic heterocycles. The van der Waals surface area contributed by atoms with Crippen molar-refractivity contribution < 1.29 is 23.8 Å². The maximum absolute atomic E-state index is 12.7. The standard InChI is InChI=1S/C53H90O5/c1-4-7-10-13-16-19-22-25-27-29-31-34-37-40-43-46-52(54)57-50-51(49-56-48-45-42-39-36-33-24-21-18-15-12-9-6-3)58-53(55)47-44-41-38-35-32-30-28-26-23-20-17-14-11-8-5-2/h7,10,16-17,19-20,25-28,31,34,40,43,51H,4-6,8-9,11-15,18,21-24,29-30,32-33,35-39,41-42,44-50H2,1-3H3/b10-7-,19-16-,20-17-,27-25-,28-26-,34-31-,43-40-. The van der Waals surface area contributed by atoms with Crippen LogP contribution >= 0.6 is 0 Å². The highest BCUT2D eigenvalue weighted by Gasteiger charge is 2.17. The first-order valence-electron chi connectivity index (χ1n) is 24.1. The SMILES string of the molecule is CC/C=C\C/C=C\C/C=C\C/C=C\C/C=C\CC(=O)OCC(COCCCCCCCCCCCCCC)OC(=O)CCCCCCC/C=C\C/C=C\CCCCC. The minimum absolute atomic E-state index is 0.0237. The molecule has 0 fully saturated rings. The molecule has 0 aromatic carbocycles. The largest absolute Gasteiger partial charge is 0.461 e. The Morgan fingerprint density at radius 1 is 0.414 bits per heavy atom. The second-order valence-electron chi connectivity index (χ2n) is 15.7. The fraction of sp³-hybridized carbons (Fsp3) is 0.698. The van der Waals surface area contributed by atoms with Crippen molar-refractivity contribution in [3.63, 3.8) is 0 Å². The monoisotopic (exact) mass is 807 g/mol. The summed E-state index contributed by atoms with van der Waals surface area (Å²) >= 11 is 0. The Balaban J connectivity index is 4.42. The van der Waals surface area contributed by atoms with Crippen LogP contribution < -0.4 is 0 Å². The highest BCUT2D eigenvalue weighted by Crippen LogP contribution is 2.13.